The average Bonchev–Trinajstić information content (AvgIpc) is 2.62. The lowest BCUT2D eigenvalue weighted by molar-refractivity contribution is 0.320. The highest BCUT2D eigenvalue weighted by Gasteiger charge is 2.25. The summed E-state index contributed by atoms with van der Waals surface area (Å²) in [5.74, 6) is 4.85. The summed E-state index contributed by atoms with van der Waals surface area (Å²) < 4.78 is 26.7. The van der Waals surface area contributed by atoms with Gasteiger partial charge in [-0.2, -0.15) is 0 Å². The smallest absolute Gasteiger partial charge is 0.130 e. The van der Waals surface area contributed by atoms with E-state index >= 15 is 0 Å². The van der Waals surface area contributed by atoms with E-state index in [0.29, 0.717) is 11.5 Å². The molecule has 2 rings (SSSR count). The Morgan fingerprint density at radius 3 is 2.33 bits per heavy atom. The lowest BCUT2D eigenvalue weighted by Crippen LogP contribution is -2.34. The fourth-order valence-electron chi connectivity index (χ4n) is 2.88. The molecule has 3 N–H and O–H groups in total. The molecular formula is C14H20F2N2. The second-order valence-electron chi connectivity index (χ2n) is 5.06. The van der Waals surface area contributed by atoms with E-state index in [2.05, 4.69) is 5.43 Å². The Bertz CT molecular complexity index is 387. The zero-order valence-corrected chi connectivity index (χ0v) is 10.5. The van der Waals surface area contributed by atoms with Gasteiger partial charge in [-0.25, -0.2) is 8.78 Å². The van der Waals surface area contributed by atoms with Gasteiger partial charge in [-0.05, 0) is 24.8 Å². The van der Waals surface area contributed by atoms with Crippen molar-refractivity contribution >= 4 is 0 Å². The van der Waals surface area contributed by atoms with Gasteiger partial charge >= 0.3 is 0 Å². The molecule has 0 aromatic heterocycles. The highest BCUT2D eigenvalue weighted by Crippen LogP contribution is 2.34. The lowest BCUT2D eigenvalue weighted by atomic mass is 9.87. The Balaban J connectivity index is 2.20. The summed E-state index contributed by atoms with van der Waals surface area (Å²) in [4.78, 5) is 0. The fourth-order valence-corrected chi connectivity index (χ4v) is 2.88. The topological polar surface area (TPSA) is 38.0 Å². The van der Waals surface area contributed by atoms with Crippen LogP contribution >= 0.6 is 0 Å². The standard InChI is InChI=1S/C14H20F2N2/c15-11-7-8-12(13(16)9-11)14(18-17)10-5-3-1-2-4-6-10/h7-10,14,18H,1-6,17H2. The zero-order chi connectivity index (χ0) is 13.0. The summed E-state index contributed by atoms with van der Waals surface area (Å²) in [5.41, 5.74) is 3.19. The largest absolute Gasteiger partial charge is 0.271 e. The van der Waals surface area contributed by atoms with E-state index in [1.165, 1.54) is 25.0 Å². The second-order valence-corrected chi connectivity index (χ2v) is 5.06. The average molecular weight is 254 g/mol. The van der Waals surface area contributed by atoms with Gasteiger partial charge in [0.2, 0.25) is 0 Å². The van der Waals surface area contributed by atoms with Crippen LogP contribution in [0.25, 0.3) is 0 Å². The molecule has 1 unspecified atom stereocenters. The van der Waals surface area contributed by atoms with Gasteiger partial charge in [0.25, 0.3) is 0 Å². The van der Waals surface area contributed by atoms with Crippen molar-refractivity contribution < 1.29 is 8.78 Å². The first-order valence-electron chi connectivity index (χ1n) is 6.63. The molecule has 1 aliphatic carbocycles. The van der Waals surface area contributed by atoms with Crippen molar-refractivity contribution in [1.29, 1.82) is 0 Å². The predicted molar refractivity (Wildman–Crippen MR) is 67.6 cm³/mol. The van der Waals surface area contributed by atoms with E-state index in [-0.39, 0.29) is 6.04 Å². The van der Waals surface area contributed by atoms with Crippen LogP contribution in [-0.2, 0) is 0 Å². The first kappa shape index (κ1) is 13.4. The first-order valence-corrected chi connectivity index (χ1v) is 6.63. The van der Waals surface area contributed by atoms with Gasteiger partial charge in [-0.1, -0.05) is 31.7 Å². The summed E-state index contributed by atoms with van der Waals surface area (Å²) in [6.45, 7) is 0. The van der Waals surface area contributed by atoms with Gasteiger partial charge in [0.1, 0.15) is 11.6 Å². The van der Waals surface area contributed by atoms with Crippen molar-refractivity contribution in [3.05, 3.63) is 35.4 Å². The summed E-state index contributed by atoms with van der Waals surface area (Å²) in [7, 11) is 0. The Hall–Kier alpha value is -1.00. The van der Waals surface area contributed by atoms with E-state index < -0.39 is 11.6 Å². The zero-order valence-electron chi connectivity index (χ0n) is 10.5. The van der Waals surface area contributed by atoms with E-state index in [0.717, 1.165) is 31.7 Å². The maximum absolute atomic E-state index is 13.8. The van der Waals surface area contributed by atoms with Crippen LogP contribution in [0.5, 0.6) is 0 Å². The summed E-state index contributed by atoms with van der Waals surface area (Å²) in [5, 5.41) is 0. The molecule has 1 aromatic carbocycles. The highest BCUT2D eigenvalue weighted by molar-refractivity contribution is 5.22. The first-order chi connectivity index (χ1) is 8.72. The van der Waals surface area contributed by atoms with Gasteiger partial charge in [-0.15, -0.1) is 0 Å². The Morgan fingerprint density at radius 1 is 1.11 bits per heavy atom. The number of rotatable bonds is 3. The van der Waals surface area contributed by atoms with Crippen LogP contribution in [-0.4, -0.2) is 0 Å². The number of benzene rings is 1. The molecule has 1 atom stereocenters. The maximum atomic E-state index is 13.8. The van der Waals surface area contributed by atoms with Crippen molar-refractivity contribution in [3.63, 3.8) is 0 Å². The quantitative estimate of drug-likeness (QED) is 0.492. The van der Waals surface area contributed by atoms with Crippen molar-refractivity contribution in [3.8, 4) is 0 Å². The van der Waals surface area contributed by atoms with Gasteiger partial charge in [0, 0.05) is 11.6 Å². The maximum Gasteiger partial charge on any atom is 0.130 e. The van der Waals surface area contributed by atoms with Crippen LogP contribution in [0.2, 0.25) is 0 Å². The van der Waals surface area contributed by atoms with Gasteiger partial charge < -0.3 is 0 Å². The molecule has 0 radical (unpaired) electrons. The van der Waals surface area contributed by atoms with E-state index in [1.807, 2.05) is 0 Å². The van der Waals surface area contributed by atoms with Gasteiger partial charge in [-0.3, -0.25) is 11.3 Å². The molecule has 1 fully saturated rings. The van der Waals surface area contributed by atoms with Crippen LogP contribution in [0.3, 0.4) is 0 Å². The molecule has 4 heteroatoms. The molecule has 0 amide bonds. The third-order valence-corrected chi connectivity index (χ3v) is 3.85. The third kappa shape index (κ3) is 3.06. The minimum absolute atomic E-state index is 0.219. The van der Waals surface area contributed by atoms with Gasteiger partial charge in [0.05, 0.1) is 6.04 Å². The van der Waals surface area contributed by atoms with Crippen LogP contribution < -0.4 is 11.3 Å². The summed E-state index contributed by atoms with van der Waals surface area (Å²) in [6.07, 6.45) is 6.88. The van der Waals surface area contributed by atoms with Crippen molar-refractivity contribution in [1.82, 2.24) is 5.43 Å². The Kier molecular flexibility index (Phi) is 4.66. The molecular weight excluding hydrogens is 234 g/mol. The molecule has 18 heavy (non-hydrogen) atoms. The highest BCUT2D eigenvalue weighted by atomic mass is 19.1. The Morgan fingerprint density at radius 2 is 1.78 bits per heavy atom. The molecule has 1 aliphatic rings. The van der Waals surface area contributed by atoms with Crippen molar-refractivity contribution in [2.45, 2.75) is 44.6 Å². The third-order valence-electron chi connectivity index (χ3n) is 3.85. The summed E-state index contributed by atoms with van der Waals surface area (Å²) >= 11 is 0. The molecule has 0 saturated heterocycles. The molecule has 2 nitrogen and oxygen atoms in total. The van der Waals surface area contributed by atoms with Crippen LogP contribution in [0, 0.1) is 17.6 Å². The molecule has 1 saturated carbocycles. The predicted octanol–water partition coefficient (Wildman–Crippen LogP) is 3.44. The minimum atomic E-state index is -0.548. The number of hydrogen-bond donors (Lipinski definition) is 2. The number of nitrogens with one attached hydrogen (secondary N) is 1. The van der Waals surface area contributed by atoms with Crippen molar-refractivity contribution in [2.75, 3.05) is 0 Å². The van der Waals surface area contributed by atoms with Crippen LogP contribution in [0.4, 0.5) is 8.78 Å². The molecule has 0 aliphatic heterocycles. The molecule has 1 aromatic rings. The van der Waals surface area contributed by atoms with Crippen LogP contribution in [0.15, 0.2) is 18.2 Å². The van der Waals surface area contributed by atoms with E-state index in [4.69, 9.17) is 5.84 Å². The van der Waals surface area contributed by atoms with Crippen LogP contribution in [0.1, 0.15) is 50.1 Å². The number of halogens is 2. The second kappa shape index (κ2) is 6.25. The SMILES string of the molecule is NNC(c1ccc(F)cc1F)C1CCCCCC1. The van der Waals surface area contributed by atoms with Gasteiger partial charge in [0.15, 0.2) is 0 Å². The van der Waals surface area contributed by atoms with Crippen molar-refractivity contribution in [2.24, 2.45) is 11.8 Å². The summed E-state index contributed by atoms with van der Waals surface area (Å²) in [6, 6.07) is 3.50. The van der Waals surface area contributed by atoms with E-state index in [9.17, 15) is 8.78 Å². The number of nitrogens with two attached hydrogens (primary N) is 1. The number of hydrazine groups is 1. The molecule has 0 heterocycles. The Labute approximate surface area is 107 Å². The number of hydrogen-bond acceptors (Lipinski definition) is 2. The lowest BCUT2D eigenvalue weighted by Gasteiger charge is -2.26. The molecule has 0 spiro atoms. The fraction of sp³-hybridized carbons (Fsp3) is 0.571. The van der Waals surface area contributed by atoms with E-state index in [1.54, 1.807) is 0 Å². The normalized spacial score (nSPS) is 19.5. The molecule has 0 bridgehead atoms. The monoisotopic (exact) mass is 254 g/mol. The minimum Gasteiger partial charge on any atom is -0.271 e. The molecule has 100 valence electrons.